The maximum absolute atomic E-state index is 12.7. The molecule has 0 saturated heterocycles. The number of hydrogen-bond acceptors (Lipinski definition) is 3. The fraction of sp³-hybridized carbons (Fsp3) is 0.167. The summed E-state index contributed by atoms with van der Waals surface area (Å²) >= 11 is 13.4. The SMILES string of the molecule is CCC(C(=O)O)n1/c(=N/C(=O)c2c(Cl)cccc2Cl)sc2ccccc21. The van der Waals surface area contributed by atoms with E-state index in [1.54, 1.807) is 29.7 Å². The van der Waals surface area contributed by atoms with Crippen molar-refractivity contribution in [3.63, 3.8) is 0 Å². The molecular weight excluding hydrogens is 395 g/mol. The summed E-state index contributed by atoms with van der Waals surface area (Å²) < 4.78 is 2.41. The summed E-state index contributed by atoms with van der Waals surface area (Å²) in [6.45, 7) is 1.77. The van der Waals surface area contributed by atoms with Gasteiger partial charge in [0, 0.05) is 0 Å². The molecule has 0 fully saturated rings. The zero-order chi connectivity index (χ0) is 18.8. The number of carbonyl (C=O) groups excluding carboxylic acids is 1. The largest absolute Gasteiger partial charge is 0.480 e. The summed E-state index contributed by atoms with van der Waals surface area (Å²) in [5.41, 5.74) is 0.812. The zero-order valence-corrected chi connectivity index (χ0v) is 16.0. The van der Waals surface area contributed by atoms with E-state index in [1.807, 2.05) is 24.3 Å². The molecule has 0 aliphatic rings. The van der Waals surface area contributed by atoms with Crippen molar-refractivity contribution in [2.75, 3.05) is 0 Å². The number of halogens is 2. The Kier molecular flexibility index (Phi) is 5.46. The second-order valence-electron chi connectivity index (χ2n) is 5.50. The number of benzene rings is 2. The maximum atomic E-state index is 12.7. The fourth-order valence-electron chi connectivity index (χ4n) is 2.68. The first kappa shape index (κ1) is 18.6. The number of hydrogen-bond donors (Lipinski definition) is 1. The number of fused-ring (bicyclic) bond motifs is 1. The van der Waals surface area contributed by atoms with E-state index in [0.717, 1.165) is 4.70 Å². The Morgan fingerprint density at radius 2 is 1.81 bits per heavy atom. The Bertz CT molecular complexity index is 1050. The molecule has 26 heavy (non-hydrogen) atoms. The number of carboxylic acid groups (broad SMARTS) is 1. The van der Waals surface area contributed by atoms with E-state index in [0.29, 0.717) is 16.7 Å². The van der Waals surface area contributed by atoms with Gasteiger partial charge >= 0.3 is 5.97 Å². The van der Waals surface area contributed by atoms with Crippen molar-refractivity contribution in [2.45, 2.75) is 19.4 Å². The van der Waals surface area contributed by atoms with Gasteiger partial charge in [-0.1, -0.05) is 59.7 Å². The van der Waals surface area contributed by atoms with Crippen LogP contribution in [0.3, 0.4) is 0 Å². The molecular formula is C18H14Cl2N2O3S. The third-order valence-electron chi connectivity index (χ3n) is 3.89. The first-order chi connectivity index (χ1) is 12.4. The molecule has 3 aromatic rings. The summed E-state index contributed by atoms with van der Waals surface area (Å²) in [4.78, 5) is 28.8. The second-order valence-corrected chi connectivity index (χ2v) is 7.32. The summed E-state index contributed by atoms with van der Waals surface area (Å²) in [5, 5.41) is 9.98. The third kappa shape index (κ3) is 3.40. The number of aliphatic carboxylic acids is 1. The van der Waals surface area contributed by atoms with Gasteiger partial charge in [-0.2, -0.15) is 4.99 Å². The van der Waals surface area contributed by atoms with Crippen molar-refractivity contribution in [1.82, 2.24) is 4.57 Å². The van der Waals surface area contributed by atoms with Gasteiger partial charge in [0.25, 0.3) is 5.91 Å². The number of aromatic nitrogens is 1. The number of carboxylic acids is 1. The summed E-state index contributed by atoms with van der Waals surface area (Å²) in [6, 6.07) is 11.2. The topological polar surface area (TPSA) is 71.7 Å². The highest BCUT2D eigenvalue weighted by atomic mass is 35.5. The molecule has 1 unspecified atom stereocenters. The standard InChI is InChI=1S/C18H14Cl2N2O3S/c1-2-12(17(24)25)22-13-8-3-4-9-14(13)26-18(22)21-16(23)15-10(19)6-5-7-11(15)20/h3-9,12H,2H2,1H3,(H,24,25)/b21-18-. The summed E-state index contributed by atoms with van der Waals surface area (Å²) in [7, 11) is 0. The highest BCUT2D eigenvalue weighted by Gasteiger charge is 2.22. The van der Waals surface area contributed by atoms with Crippen LogP contribution in [0.1, 0.15) is 29.7 Å². The van der Waals surface area contributed by atoms with Crippen LogP contribution in [0.5, 0.6) is 0 Å². The molecule has 0 radical (unpaired) electrons. The molecule has 1 heterocycles. The van der Waals surface area contributed by atoms with E-state index < -0.39 is 17.9 Å². The molecule has 0 bridgehead atoms. The molecule has 1 atom stereocenters. The van der Waals surface area contributed by atoms with Gasteiger partial charge in [0.1, 0.15) is 6.04 Å². The Hall–Kier alpha value is -2.15. The minimum Gasteiger partial charge on any atom is -0.480 e. The average Bonchev–Trinajstić information content (AvgIpc) is 2.93. The van der Waals surface area contributed by atoms with E-state index in [4.69, 9.17) is 23.2 Å². The van der Waals surface area contributed by atoms with Gasteiger partial charge in [0.05, 0.1) is 25.8 Å². The number of amides is 1. The summed E-state index contributed by atoms with van der Waals surface area (Å²) in [5.74, 6) is -1.60. The highest BCUT2D eigenvalue weighted by Crippen LogP contribution is 2.26. The minimum atomic E-state index is -0.985. The van der Waals surface area contributed by atoms with Gasteiger partial charge in [0.15, 0.2) is 4.80 Å². The Balaban J connectivity index is 2.26. The van der Waals surface area contributed by atoms with E-state index in [9.17, 15) is 14.7 Å². The number of para-hydroxylation sites is 1. The van der Waals surface area contributed by atoms with Crippen molar-refractivity contribution in [3.8, 4) is 0 Å². The van der Waals surface area contributed by atoms with Gasteiger partial charge < -0.3 is 9.67 Å². The quantitative estimate of drug-likeness (QED) is 0.674. The van der Waals surface area contributed by atoms with E-state index >= 15 is 0 Å². The molecule has 1 aromatic heterocycles. The van der Waals surface area contributed by atoms with Crippen LogP contribution in [0.4, 0.5) is 0 Å². The lowest BCUT2D eigenvalue weighted by molar-refractivity contribution is -0.140. The number of rotatable bonds is 4. The lowest BCUT2D eigenvalue weighted by Gasteiger charge is -2.13. The maximum Gasteiger partial charge on any atom is 0.326 e. The van der Waals surface area contributed by atoms with Crippen LogP contribution in [0.2, 0.25) is 10.0 Å². The molecule has 134 valence electrons. The first-order valence-electron chi connectivity index (χ1n) is 7.80. The first-order valence-corrected chi connectivity index (χ1v) is 9.37. The Morgan fingerprint density at radius 3 is 2.42 bits per heavy atom. The smallest absolute Gasteiger partial charge is 0.326 e. The lowest BCUT2D eigenvalue weighted by atomic mass is 10.2. The lowest BCUT2D eigenvalue weighted by Crippen LogP contribution is -2.27. The molecule has 0 aliphatic heterocycles. The molecule has 0 spiro atoms. The molecule has 3 rings (SSSR count). The van der Waals surface area contributed by atoms with Crippen LogP contribution in [0, 0.1) is 0 Å². The average molecular weight is 409 g/mol. The van der Waals surface area contributed by atoms with Crippen molar-refractivity contribution in [1.29, 1.82) is 0 Å². The van der Waals surface area contributed by atoms with Crippen LogP contribution in [-0.4, -0.2) is 21.6 Å². The third-order valence-corrected chi connectivity index (χ3v) is 5.56. The van der Waals surface area contributed by atoms with Crippen molar-refractivity contribution in [2.24, 2.45) is 4.99 Å². The molecule has 8 heteroatoms. The minimum absolute atomic E-state index is 0.100. The Labute approximate surface area is 163 Å². The van der Waals surface area contributed by atoms with Gasteiger partial charge in [-0.05, 0) is 30.7 Å². The van der Waals surface area contributed by atoms with Crippen LogP contribution in [0.25, 0.3) is 10.2 Å². The molecule has 1 N–H and O–H groups in total. The number of carbonyl (C=O) groups is 2. The zero-order valence-electron chi connectivity index (χ0n) is 13.6. The van der Waals surface area contributed by atoms with Crippen LogP contribution in [0.15, 0.2) is 47.5 Å². The Morgan fingerprint density at radius 1 is 1.15 bits per heavy atom. The molecule has 0 saturated carbocycles. The van der Waals surface area contributed by atoms with E-state index in [1.165, 1.54) is 11.3 Å². The van der Waals surface area contributed by atoms with Crippen molar-refractivity contribution in [3.05, 3.63) is 62.9 Å². The van der Waals surface area contributed by atoms with E-state index in [2.05, 4.69) is 4.99 Å². The molecule has 1 amide bonds. The van der Waals surface area contributed by atoms with Gasteiger partial charge in [0.2, 0.25) is 0 Å². The molecule has 2 aromatic carbocycles. The number of nitrogens with zero attached hydrogens (tertiary/aromatic N) is 2. The fourth-order valence-corrected chi connectivity index (χ4v) is 4.31. The normalized spacial score (nSPS) is 13.1. The van der Waals surface area contributed by atoms with Gasteiger partial charge in [-0.3, -0.25) is 4.79 Å². The number of thiazole rings is 1. The molecule has 5 nitrogen and oxygen atoms in total. The van der Waals surface area contributed by atoms with E-state index in [-0.39, 0.29) is 15.6 Å². The molecule has 0 aliphatic carbocycles. The predicted molar refractivity (Wildman–Crippen MR) is 103 cm³/mol. The van der Waals surface area contributed by atoms with Crippen LogP contribution in [-0.2, 0) is 4.79 Å². The van der Waals surface area contributed by atoms with Crippen LogP contribution >= 0.6 is 34.5 Å². The van der Waals surface area contributed by atoms with Crippen molar-refractivity contribution >= 4 is 56.6 Å². The van der Waals surface area contributed by atoms with Gasteiger partial charge in [-0.15, -0.1) is 0 Å². The predicted octanol–water partition coefficient (Wildman–Crippen LogP) is 4.79. The van der Waals surface area contributed by atoms with Crippen molar-refractivity contribution < 1.29 is 14.7 Å². The van der Waals surface area contributed by atoms with Gasteiger partial charge in [-0.25, -0.2) is 4.79 Å². The van der Waals surface area contributed by atoms with Crippen LogP contribution < -0.4 is 4.80 Å². The monoisotopic (exact) mass is 408 g/mol. The second kappa shape index (κ2) is 7.61. The summed E-state index contributed by atoms with van der Waals surface area (Å²) in [6.07, 6.45) is 0.351. The highest BCUT2D eigenvalue weighted by molar-refractivity contribution is 7.16.